The molecular formula is C11H14N2O. The molecule has 3 heteroatoms. The van der Waals surface area contributed by atoms with Gasteiger partial charge in [0, 0.05) is 18.5 Å². The van der Waals surface area contributed by atoms with Gasteiger partial charge in [0.25, 0.3) is 0 Å². The fraction of sp³-hybridized carbons (Fsp3) is 0.455. The molecule has 0 amide bonds. The van der Waals surface area contributed by atoms with Crippen molar-refractivity contribution in [2.75, 3.05) is 23.7 Å². The topological polar surface area (TPSA) is 44.3 Å². The van der Waals surface area contributed by atoms with Crippen LogP contribution in [0.1, 0.15) is 12.8 Å². The minimum Gasteiger partial charge on any atom is -0.506 e. The number of benzene rings is 1. The summed E-state index contributed by atoms with van der Waals surface area (Å²) in [6.45, 7) is 2.00. The summed E-state index contributed by atoms with van der Waals surface area (Å²) in [7, 11) is 0. The lowest BCUT2D eigenvalue weighted by atomic mass is 10.1. The number of hydrogen-bond donors (Lipinski definition) is 3. The van der Waals surface area contributed by atoms with Crippen molar-refractivity contribution in [2.45, 2.75) is 12.8 Å². The highest BCUT2D eigenvalue weighted by atomic mass is 16.3. The van der Waals surface area contributed by atoms with Gasteiger partial charge in [-0.05, 0) is 25.0 Å². The Morgan fingerprint density at radius 3 is 2.71 bits per heavy atom. The van der Waals surface area contributed by atoms with Crippen molar-refractivity contribution in [3.8, 4) is 5.75 Å². The first-order chi connectivity index (χ1) is 6.79. The summed E-state index contributed by atoms with van der Waals surface area (Å²) in [6, 6.07) is 5.59. The Morgan fingerprint density at radius 2 is 1.93 bits per heavy atom. The third kappa shape index (κ3) is 1.12. The molecule has 1 aromatic rings. The van der Waals surface area contributed by atoms with E-state index in [0.717, 1.165) is 24.5 Å². The summed E-state index contributed by atoms with van der Waals surface area (Å²) in [6.07, 6.45) is 2.59. The van der Waals surface area contributed by atoms with Crippen LogP contribution in [0.5, 0.6) is 5.75 Å². The molecule has 2 aliphatic rings. The van der Waals surface area contributed by atoms with Gasteiger partial charge in [-0.2, -0.15) is 0 Å². The average molecular weight is 190 g/mol. The van der Waals surface area contributed by atoms with Gasteiger partial charge in [-0.15, -0.1) is 0 Å². The molecule has 1 aliphatic heterocycles. The van der Waals surface area contributed by atoms with Gasteiger partial charge in [-0.25, -0.2) is 0 Å². The zero-order valence-electron chi connectivity index (χ0n) is 8.01. The monoisotopic (exact) mass is 190 g/mol. The van der Waals surface area contributed by atoms with Crippen LogP contribution in [0.25, 0.3) is 0 Å². The van der Waals surface area contributed by atoms with Crippen LogP contribution in [0.3, 0.4) is 0 Å². The molecule has 74 valence electrons. The molecule has 0 saturated heterocycles. The minimum absolute atomic E-state index is 0.340. The lowest BCUT2D eigenvalue weighted by Crippen LogP contribution is -2.19. The first-order valence-electron chi connectivity index (χ1n) is 5.09. The predicted octanol–water partition coefficient (Wildman–Crippen LogP) is 2.01. The van der Waals surface area contributed by atoms with Crippen LogP contribution in [-0.4, -0.2) is 18.2 Å². The van der Waals surface area contributed by atoms with Gasteiger partial charge in [0.05, 0.1) is 5.69 Å². The minimum atomic E-state index is 0.340. The summed E-state index contributed by atoms with van der Waals surface area (Å²) < 4.78 is 0. The Balaban J connectivity index is 1.96. The molecule has 1 heterocycles. The molecule has 0 unspecified atom stereocenters. The number of aromatic hydroxyl groups is 1. The summed E-state index contributed by atoms with van der Waals surface area (Å²) >= 11 is 0. The van der Waals surface area contributed by atoms with E-state index in [9.17, 15) is 5.11 Å². The molecule has 14 heavy (non-hydrogen) atoms. The normalized spacial score (nSPS) is 21.7. The van der Waals surface area contributed by atoms with Crippen LogP contribution in [0.15, 0.2) is 18.2 Å². The molecular weight excluding hydrogens is 176 g/mol. The fourth-order valence-corrected chi connectivity index (χ4v) is 2.02. The number of phenolic OH excluding ortho intramolecular Hbond substituents is 1. The third-order valence-electron chi connectivity index (χ3n) is 3.29. The second-order valence-corrected chi connectivity index (χ2v) is 4.41. The molecule has 1 fully saturated rings. The Morgan fingerprint density at radius 1 is 1.14 bits per heavy atom. The number of anilines is 2. The van der Waals surface area contributed by atoms with E-state index in [0.29, 0.717) is 11.2 Å². The molecule has 0 radical (unpaired) electrons. The van der Waals surface area contributed by atoms with E-state index in [1.165, 1.54) is 12.8 Å². The number of fused-ring (bicyclic) bond motifs is 1. The Labute approximate surface area is 83.1 Å². The predicted molar refractivity (Wildman–Crippen MR) is 56.8 cm³/mol. The highest BCUT2D eigenvalue weighted by molar-refractivity contribution is 5.76. The third-order valence-corrected chi connectivity index (χ3v) is 3.29. The maximum Gasteiger partial charge on any atom is 0.140 e. The van der Waals surface area contributed by atoms with Crippen LogP contribution in [0, 0.1) is 5.41 Å². The first-order valence-corrected chi connectivity index (χ1v) is 5.09. The molecule has 1 saturated carbocycles. The van der Waals surface area contributed by atoms with Crippen molar-refractivity contribution in [1.82, 2.24) is 0 Å². The molecule has 0 aromatic heterocycles. The number of hydrogen-bond acceptors (Lipinski definition) is 3. The molecule has 0 atom stereocenters. The number of nitrogens with one attached hydrogen (secondary N) is 2. The van der Waals surface area contributed by atoms with Crippen LogP contribution < -0.4 is 10.6 Å². The number of para-hydroxylation sites is 1. The zero-order chi connectivity index (χ0) is 9.60. The van der Waals surface area contributed by atoms with Gasteiger partial charge in [0.15, 0.2) is 0 Å². The largest absolute Gasteiger partial charge is 0.506 e. The van der Waals surface area contributed by atoms with E-state index in [1.807, 2.05) is 12.1 Å². The Bertz CT molecular complexity index is 372. The van der Waals surface area contributed by atoms with Crippen LogP contribution in [-0.2, 0) is 0 Å². The Kier molecular flexibility index (Phi) is 1.46. The van der Waals surface area contributed by atoms with Crippen LogP contribution in [0.2, 0.25) is 0 Å². The summed E-state index contributed by atoms with van der Waals surface area (Å²) in [5.41, 5.74) is 2.33. The van der Waals surface area contributed by atoms with E-state index >= 15 is 0 Å². The average Bonchev–Trinajstić information content (AvgIpc) is 2.96. The maximum atomic E-state index is 9.67. The summed E-state index contributed by atoms with van der Waals surface area (Å²) in [5, 5.41) is 16.4. The van der Waals surface area contributed by atoms with E-state index < -0.39 is 0 Å². The van der Waals surface area contributed by atoms with Crippen LogP contribution >= 0.6 is 0 Å². The van der Waals surface area contributed by atoms with Crippen molar-refractivity contribution >= 4 is 11.4 Å². The maximum absolute atomic E-state index is 9.67. The highest BCUT2D eigenvalue weighted by Crippen LogP contribution is 2.48. The SMILES string of the molecule is Oc1cccc2c1NCC1(CC1)CN2. The fourth-order valence-electron chi connectivity index (χ4n) is 2.02. The van der Waals surface area contributed by atoms with Crippen molar-refractivity contribution < 1.29 is 5.11 Å². The molecule has 3 rings (SSSR count). The lowest BCUT2D eigenvalue weighted by molar-refractivity contribution is 0.477. The zero-order valence-corrected chi connectivity index (χ0v) is 8.01. The van der Waals surface area contributed by atoms with Crippen molar-refractivity contribution in [3.63, 3.8) is 0 Å². The van der Waals surface area contributed by atoms with Gasteiger partial charge in [0.2, 0.25) is 0 Å². The quantitative estimate of drug-likeness (QED) is 0.548. The van der Waals surface area contributed by atoms with Crippen molar-refractivity contribution in [3.05, 3.63) is 18.2 Å². The van der Waals surface area contributed by atoms with Crippen molar-refractivity contribution in [2.24, 2.45) is 5.41 Å². The first kappa shape index (κ1) is 7.97. The van der Waals surface area contributed by atoms with E-state index in [-0.39, 0.29) is 0 Å². The number of phenols is 1. The molecule has 1 aliphatic carbocycles. The van der Waals surface area contributed by atoms with Gasteiger partial charge >= 0.3 is 0 Å². The van der Waals surface area contributed by atoms with Crippen LogP contribution in [0.4, 0.5) is 11.4 Å². The van der Waals surface area contributed by atoms with Gasteiger partial charge in [0.1, 0.15) is 11.4 Å². The second kappa shape index (κ2) is 2.56. The molecule has 3 N–H and O–H groups in total. The Hall–Kier alpha value is -1.38. The highest BCUT2D eigenvalue weighted by Gasteiger charge is 2.43. The van der Waals surface area contributed by atoms with Gasteiger partial charge < -0.3 is 15.7 Å². The van der Waals surface area contributed by atoms with E-state index in [1.54, 1.807) is 6.07 Å². The van der Waals surface area contributed by atoms with E-state index in [2.05, 4.69) is 10.6 Å². The summed E-state index contributed by atoms with van der Waals surface area (Å²) in [4.78, 5) is 0. The van der Waals surface area contributed by atoms with E-state index in [4.69, 9.17) is 0 Å². The van der Waals surface area contributed by atoms with Crippen molar-refractivity contribution in [1.29, 1.82) is 0 Å². The number of rotatable bonds is 0. The standard InChI is InChI=1S/C11H14N2O/c14-9-3-1-2-8-10(9)13-7-11(4-5-11)6-12-8/h1-3,12-14H,4-7H2. The molecule has 0 bridgehead atoms. The summed E-state index contributed by atoms with van der Waals surface area (Å²) in [5.74, 6) is 0.340. The molecule has 1 spiro atoms. The lowest BCUT2D eigenvalue weighted by Gasteiger charge is -2.10. The molecule has 3 nitrogen and oxygen atoms in total. The second-order valence-electron chi connectivity index (χ2n) is 4.41. The van der Waals surface area contributed by atoms with Gasteiger partial charge in [-0.3, -0.25) is 0 Å². The van der Waals surface area contributed by atoms with Gasteiger partial charge in [-0.1, -0.05) is 6.07 Å². The smallest absolute Gasteiger partial charge is 0.140 e. The molecule has 1 aromatic carbocycles.